The average Bonchev–Trinajstić information content (AvgIpc) is 2.53. The number of benzene rings is 1. The highest BCUT2D eigenvalue weighted by atomic mass is 16.4. The Labute approximate surface area is 121 Å². The maximum atomic E-state index is 11.3. The zero-order valence-corrected chi connectivity index (χ0v) is 11.1. The van der Waals surface area contributed by atoms with Gasteiger partial charge in [-0.3, -0.25) is 9.97 Å². The van der Waals surface area contributed by atoms with Gasteiger partial charge in [0.05, 0.1) is 11.1 Å². The predicted octanol–water partition coefficient (Wildman–Crippen LogP) is 3.50. The van der Waals surface area contributed by atoms with Crippen LogP contribution in [-0.2, 0) is 0 Å². The second kappa shape index (κ2) is 5.54. The Morgan fingerprint density at radius 3 is 2.67 bits per heavy atom. The van der Waals surface area contributed by atoms with Gasteiger partial charge >= 0.3 is 5.97 Å². The highest BCUT2D eigenvalue weighted by molar-refractivity contribution is 6.03. The molecule has 0 saturated carbocycles. The Balaban J connectivity index is 2.03. The number of hydrogen-bond donors (Lipinski definition) is 1. The van der Waals surface area contributed by atoms with Gasteiger partial charge in [0.15, 0.2) is 0 Å². The molecule has 0 amide bonds. The van der Waals surface area contributed by atoms with Crippen molar-refractivity contribution in [3.63, 3.8) is 0 Å². The molecule has 0 aliphatic carbocycles. The molecule has 0 saturated heterocycles. The molecular formula is C17H12N2O2. The lowest BCUT2D eigenvalue weighted by Gasteiger charge is -2.03. The third kappa shape index (κ3) is 2.79. The first kappa shape index (κ1) is 13.0. The molecule has 4 heteroatoms. The second-order valence-electron chi connectivity index (χ2n) is 4.56. The predicted molar refractivity (Wildman–Crippen MR) is 81.9 cm³/mol. The fourth-order valence-electron chi connectivity index (χ4n) is 2.12. The van der Waals surface area contributed by atoms with Gasteiger partial charge in [0.1, 0.15) is 0 Å². The summed E-state index contributed by atoms with van der Waals surface area (Å²) in [6.45, 7) is 0. The van der Waals surface area contributed by atoms with E-state index in [9.17, 15) is 9.90 Å². The van der Waals surface area contributed by atoms with E-state index in [2.05, 4.69) is 9.97 Å². The molecule has 0 aliphatic heterocycles. The summed E-state index contributed by atoms with van der Waals surface area (Å²) in [6.07, 6.45) is 8.86. The van der Waals surface area contributed by atoms with Crippen LogP contribution >= 0.6 is 0 Å². The molecule has 21 heavy (non-hydrogen) atoms. The summed E-state index contributed by atoms with van der Waals surface area (Å²) in [6, 6.07) is 10.9. The lowest BCUT2D eigenvalue weighted by molar-refractivity contribution is 0.0699. The topological polar surface area (TPSA) is 63.1 Å². The SMILES string of the molecule is O=C(O)c1ccnc2ccc(/C=C/c3cccnc3)cc12. The normalized spacial score (nSPS) is 11.0. The molecule has 0 fully saturated rings. The molecule has 3 rings (SSSR count). The van der Waals surface area contributed by atoms with E-state index in [0.717, 1.165) is 11.1 Å². The van der Waals surface area contributed by atoms with Crippen molar-refractivity contribution in [3.05, 3.63) is 71.7 Å². The van der Waals surface area contributed by atoms with Crippen molar-refractivity contribution in [1.82, 2.24) is 9.97 Å². The van der Waals surface area contributed by atoms with E-state index in [4.69, 9.17) is 0 Å². The molecule has 2 heterocycles. The molecule has 102 valence electrons. The first-order chi connectivity index (χ1) is 10.2. The summed E-state index contributed by atoms with van der Waals surface area (Å²) in [7, 11) is 0. The fourth-order valence-corrected chi connectivity index (χ4v) is 2.12. The van der Waals surface area contributed by atoms with E-state index in [-0.39, 0.29) is 5.56 Å². The molecule has 1 N–H and O–H groups in total. The third-order valence-corrected chi connectivity index (χ3v) is 3.15. The number of nitrogens with zero attached hydrogens (tertiary/aromatic N) is 2. The van der Waals surface area contributed by atoms with Gasteiger partial charge in [-0.05, 0) is 35.4 Å². The van der Waals surface area contributed by atoms with Crippen molar-refractivity contribution in [2.75, 3.05) is 0 Å². The molecule has 3 aromatic rings. The molecular weight excluding hydrogens is 264 g/mol. The van der Waals surface area contributed by atoms with Crippen LogP contribution in [0.25, 0.3) is 23.1 Å². The number of fused-ring (bicyclic) bond motifs is 1. The van der Waals surface area contributed by atoms with Gasteiger partial charge < -0.3 is 5.11 Å². The summed E-state index contributed by atoms with van der Waals surface area (Å²) in [5.41, 5.74) is 2.84. The number of carboxylic acids is 1. The van der Waals surface area contributed by atoms with Gasteiger partial charge in [-0.25, -0.2) is 4.79 Å². The quantitative estimate of drug-likeness (QED) is 0.795. The maximum absolute atomic E-state index is 11.3. The standard InChI is InChI=1S/C17H12N2O2/c20-17(21)14-7-9-19-16-6-5-12(10-15(14)16)3-4-13-2-1-8-18-11-13/h1-11H,(H,20,21)/b4-3+. The Morgan fingerprint density at radius 2 is 1.90 bits per heavy atom. The van der Waals surface area contributed by atoms with Crippen LogP contribution in [0.3, 0.4) is 0 Å². The van der Waals surface area contributed by atoms with Gasteiger partial charge in [0.25, 0.3) is 0 Å². The van der Waals surface area contributed by atoms with E-state index in [1.165, 1.54) is 12.3 Å². The summed E-state index contributed by atoms with van der Waals surface area (Å²) in [5.74, 6) is -0.948. The van der Waals surface area contributed by atoms with Crippen LogP contribution < -0.4 is 0 Å². The first-order valence-electron chi connectivity index (χ1n) is 6.44. The molecule has 0 radical (unpaired) electrons. The van der Waals surface area contributed by atoms with Crippen molar-refractivity contribution in [1.29, 1.82) is 0 Å². The number of rotatable bonds is 3. The minimum Gasteiger partial charge on any atom is -0.478 e. The number of aromatic carboxylic acids is 1. The zero-order valence-electron chi connectivity index (χ0n) is 11.1. The maximum Gasteiger partial charge on any atom is 0.336 e. The van der Waals surface area contributed by atoms with Gasteiger partial charge in [0, 0.05) is 24.0 Å². The van der Waals surface area contributed by atoms with Gasteiger partial charge in [-0.1, -0.05) is 24.3 Å². The Bertz CT molecular complexity index is 827. The Morgan fingerprint density at radius 1 is 1.05 bits per heavy atom. The van der Waals surface area contributed by atoms with Crippen LogP contribution in [0.5, 0.6) is 0 Å². The second-order valence-corrected chi connectivity index (χ2v) is 4.56. The van der Waals surface area contributed by atoms with Crippen molar-refractivity contribution in [2.45, 2.75) is 0 Å². The number of carboxylic acid groups (broad SMARTS) is 1. The molecule has 0 bridgehead atoms. The molecule has 0 aliphatic rings. The summed E-state index contributed by atoms with van der Waals surface area (Å²) >= 11 is 0. The van der Waals surface area contributed by atoms with Crippen LogP contribution in [0.1, 0.15) is 21.5 Å². The third-order valence-electron chi connectivity index (χ3n) is 3.15. The highest BCUT2D eigenvalue weighted by Gasteiger charge is 2.08. The number of pyridine rings is 2. The lowest BCUT2D eigenvalue weighted by atomic mass is 10.1. The van der Waals surface area contributed by atoms with Gasteiger partial charge in [-0.15, -0.1) is 0 Å². The number of hydrogen-bond acceptors (Lipinski definition) is 3. The lowest BCUT2D eigenvalue weighted by Crippen LogP contribution is -1.98. The summed E-state index contributed by atoms with van der Waals surface area (Å²) < 4.78 is 0. The minimum absolute atomic E-state index is 0.261. The smallest absolute Gasteiger partial charge is 0.336 e. The van der Waals surface area contributed by atoms with Crippen LogP contribution in [-0.4, -0.2) is 21.0 Å². The van der Waals surface area contributed by atoms with E-state index in [1.54, 1.807) is 12.4 Å². The average molecular weight is 276 g/mol. The van der Waals surface area contributed by atoms with Crippen LogP contribution in [0.4, 0.5) is 0 Å². The van der Waals surface area contributed by atoms with Crippen LogP contribution in [0, 0.1) is 0 Å². The van der Waals surface area contributed by atoms with Gasteiger partial charge in [0.2, 0.25) is 0 Å². The van der Waals surface area contributed by atoms with Gasteiger partial charge in [-0.2, -0.15) is 0 Å². The van der Waals surface area contributed by atoms with E-state index < -0.39 is 5.97 Å². The minimum atomic E-state index is -0.948. The van der Waals surface area contributed by atoms with E-state index >= 15 is 0 Å². The monoisotopic (exact) mass is 276 g/mol. The summed E-state index contributed by atoms with van der Waals surface area (Å²) in [4.78, 5) is 19.5. The molecule has 4 nitrogen and oxygen atoms in total. The first-order valence-corrected chi connectivity index (χ1v) is 6.44. The van der Waals surface area contributed by atoms with Crippen molar-refractivity contribution in [2.24, 2.45) is 0 Å². The largest absolute Gasteiger partial charge is 0.478 e. The highest BCUT2D eigenvalue weighted by Crippen LogP contribution is 2.20. The number of aromatic nitrogens is 2. The fraction of sp³-hybridized carbons (Fsp3) is 0. The van der Waals surface area contributed by atoms with E-state index in [0.29, 0.717) is 10.9 Å². The van der Waals surface area contributed by atoms with Crippen LogP contribution in [0.2, 0.25) is 0 Å². The molecule has 0 unspecified atom stereocenters. The Hall–Kier alpha value is -3.01. The van der Waals surface area contributed by atoms with Crippen LogP contribution in [0.15, 0.2) is 55.0 Å². The zero-order chi connectivity index (χ0) is 14.7. The van der Waals surface area contributed by atoms with Crippen molar-refractivity contribution >= 4 is 29.0 Å². The molecule has 1 aromatic carbocycles. The number of carbonyl (C=O) groups is 1. The Kier molecular flexibility index (Phi) is 3.43. The summed E-state index contributed by atoms with van der Waals surface area (Å²) in [5, 5.41) is 9.86. The molecule has 0 spiro atoms. The van der Waals surface area contributed by atoms with E-state index in [1.807, 2.05) is 42.5 Å². The van der Waals surface area contributed by atoms with Crippen molar-refractivity contribution in [3.8, 4) is 0 Å². The molecule has 2 aromatic heterocycles. The molecule has 0 atom stereocenters. The van der Waals surface area contributed by atoms with Crippen molar-refractivity contribution < 1.29 is 9.90 Å².